The molecule has 4 nitrogen and oxygen atoms in total. The van der Waals surface area contributed by atoms with Crippen molar-refractivity contribution in [2.75, 3.05) is 19.7 Å². The van der Waals surface area contributed by atoms with Crippen LogP contribution < -0.4 is 11.1 Å². The first-order valence-electron chi connectivity index (χ1n) is 5.73. The highest BCUT2D eigenvalue weighted by Gasteiger charge is 2.55. The van der Waals surface area contributed by atoms with Crippen molar-refractivity contribution in [2.24, 2.45) is 5.73 Å². The Kier molecular flexibility index (Phi) is 2.58. The molecule has 2 atom stereocenters. The summed E-state index contributed by atoms with van der Waals surface area (Å²) in [6, 6.07) is 0. The fraction of sp³-hybridized carbons (Fsp3) is 1.00. The van der Waals surface area contributed by atoms with Crippen molar-refractivity contribution >= 4 is 0 Å². The third-order valence-corrected chi connectivity index (χ3v) is 3.76. The molecule has 0 spiro atoms. The van der Waals surface area contributed by atoms with Crippen molar-refractivity contribution in [2.45, 2.75) is 49.9 Å². The minimum Gasteiger partial charge on any atom is -0.385 e. The first kappa shape index (κ1) is 11.3. The topological polar surface area (TPSA) is 67.5 Å². The van der Waals surface area contributed by atoms with Crippen LogP contribution in [0.15, 0.2) is 0 Å². The highest BCUT2D eigenvalue weighted by molar-refractivity contribution is 5.11. The van der Waals surface area contributed by atoms with Gasteiger partial charge in [0.15, 0.2) is 0 Å². The first-order valence-corrected chi connectivity index (χ1v) is 5.73. The van der Waals surface area contributed by atoms with Crippen molar-refractivity contribution in [1.82, 2.24) is 5.32 Å². The van der Waals surface area contributed by atoms with Gasteiger partial charge in [-0.2, -0.15) is 0 Å². The highest BCUT2D eigenvalue weighted by Crippen LogP contribution is 2.40. The van der Waals surface area contributed by atoms with Gasteiger partial charge in [0.25, 0.3) is 0 Å². The van der Waals surface area contributed by atoms with Gasteiger partial charge in [0.2, 0.25) is 0 Å². The minimum absolute atomic E-state index is 0.251. The van der Waals surface area contributed by atoms with Crippen molar-refractivity contribution in [3.05, 3.63) is 0 Å². The lowest BCUT2D eigenvalue weighted by atomic mass is 9.72. The number of hydrogen-bond acceptors (Lipinski definition) is 4. The van der Waals surface area contributed by atoms with Crippen molar-refractivity contribution in [3.63, 3.8) is 0 Å². The Morgan fingerprint density at radius 3 is 2.60 bits per heavy atom. The molecule has 2 aliphatic heterocycles. The Bertz CT molecular complexity index is 249. The average Bonchev–Trinajstić information content (AvgIpc) is 2.44. The lowest BCUT2D eigenvalue weighted by molar-refractivity contribution is -0.0517. The van der Waals surface area contributed by atoms with E-state index in [-0.39, 0.29) is 5.60 Å². The summed E-state index contributed by atoms with van der Waals surface area (Å²) in [5.41, 5.74) is 4.68. The fourth-order valence-corrected chi connectivity index (χ4v) is 2.77. The highest BCUT2D eigenvalue weighted by atomic mass is 16.5. The smallest absolute Gasteiger partial charge is 0.110 e. The van der Waals surface area contributed by atoms with E-state index in [4.69, 9.17) is 10.5 Å². The zero-order chi connectivity index (χ0) is 11.2. The number of ether oxygens (including phenoxy) is 1. The number of aliphatic hydroxyl groups is 1. The van der Waals surface area contributed by atoms with Gasteiger partial charge in [0, 0.05) is 13.0 Å². The summed E-state index contributed by atoms with van der Waals surface area (Å²) < 4.78 is 5.62. The molecule has 0 radical (unpaired) electrons. The third kappa shape index (κ3) is 1.91. The van der Waals surface area contributed by atoms with Crippen LogP contribution in [0.5, 0.6) is 0 Å². The zero-order valence-corrected chi connectivity index (χ0v) is 9.68. The van der Waals surface area contributed by atoms with E-state index in [1.165, 1.54) is 0 Å². The second kappa shape index (κ2) is 3.42. The lowest BCUT2D eigenvalue weighted by Crippen LogP contribution is -2.68. The van der Waals surface area contributed by atoms with E-state index in [0.717, 1.165) is 19.4 Å². The molecule has 2 unspecified atom stereocenters. The average molecular weight is 214 g/mol. The van der Waals surface area contributed by atoms with Gasteiger partial charge < -0.3 is 20.9 Å². The normalized spacial score (nSPS) is 45.6. The Morgan fingerprint density at radius 2 is 2.13 bits per heavy atom. The summed E-state index contributed by atoms with van der Waals surface area (Å²) in [4.78, 5) is 0. The van der Waals surface area contributed by atoms with Crippen molar-refractivity contribution in [3.8, 4) is 0 Å². The standard InChI is InChI=1S/C11H22N2O2/c1-9(2)6-11(14,8-15-9)10(12)4-3-5-13-7-10/h13-14H,3-8,12H2,1-2H3. The monoisotopic (exact) mass is 214 g/mol. The second-order valence-electron chi connectivity index (χ2n) is 5.69. The second-order valence-corrected chi connectivity index (χ2v) is 5.69. The summed E-state index contributed by atoms with van der Waals surface area (Å²) in [5, 5.41) is 13.9. The molecule has 2 aliphatic rings. The van der Waals surface area contributed by atoms with Gasteiger partial charge in [0.05, 0.1) is 17.7 Å². The maximum Gasteiger partial charge on any atom is 0.110 e. The minimum atomic E-state index is -0.871. The molecule has 4 heteroatoms. The van der Waals surface area contributed by atoms with E-state index in [1.54, 1.807) is 0 Å². The number of piperidine rings is 1. The molecule has 88 valence electrons. The Morgan fingerprint density at radius 1 is 1.40 bits per heavy atom. The maximum atomic E-state index is 10.6. The Hall–Kier alpha value is -0.160. The van der Waals surface area contributed by atoms with Crippen LogP contribution in [0, 0.1) is 0 Å². The van der Waals surface area contributed by atoms with E-state index in [9.17, 15) is 5.11 Å². The molecule has 0 aromatic heterocycles. The molecular weight excluding hydrogens is 192 g/mol. The van der Waals surface area contributed by atoms with Gasteiger partial charge in [-0.3, -0.25) is 0 Å². The number of hydrogen-bond donors (Lipinski definition) is 3. The van der Waals surface area contributed by atoms with Crippen LogP contribution in [0.3, 0.4) is 0 Å². The van der Waals surface area contributed by atoms with Crippen LogP contribution in [0.2, 0.25) is 0 Å². The van der Waals surface area contributed by atoms with Crippen LogP contribution >= 0.6 is 0 Å². The molecular formula is C11H22N2O2. The Labute approximate surface area is 91.2 Å². The molecule has 0 saturated carbocycles. The first-order chi connectivity index (χ1) is 6.87. The van der Waals surface area contributed by atoms with E-state index in [1.807, 2.05) is 13.8 Å². The van der Waals surface area contributed by atoms with Gasteiger partial charge in [-0.1, -0.05) is 0 Å². The molecule has 0 bridgehead atoms. The predicted molar refractivity (Wildman–Crippen MR) is 58.6 cm³/mol. The predicted octanol–water partition coefficient (Wildman–Crippen LogP) is -0.00270. The Balaban J connectivity index is 2.15. The summed E-state index contributed by atoms with van der Waals surface area (Å²) in [6.45, 7) is 6.05. The molecule has 2 rings (SSSR count). The van der Waals surface area contributed by atoms with Crippen LogP contribution in [0.1, 0.15) is 33.1 Å². The lowest BCUT2D eigenvalue weighted by Gasteiger charge is -2.44. The van der Waals surface area contributed by atoms with Gasteiger partial charge in [-0.25, -0.2) is 0 Å². The van der Waals surface area contributed by atoms with Crippen molar-refractivity contribution in [1.29, 1.82) is 0 Å². The van der Waals surface area contributed by atoms with E-state index < -0.39 is 11.1 Å². The van der Waals surface area contributed by atoms with Crippen LogP contribution in [0.4, 0.5) is 0 Å². The molecule has 15 heavy (non-hydrogen) atoms. The SMILES string of the molecule is CC1(C)CC(O)(C2(N)CCCNC2)CO1. The number of nitrogens with one attached hydrogen (secondary N) is 1. The van der Waals surface area contributed by atoms with E-state index >= 15 is 0 Å². The quantitative estimate of drug-likeness (QED) is 0.574. The van der Waals surface area contributed by atoms with Crippen LogP contribution in [0.25, 0.3) is 0 Å². The van der Waals surface area contributed by atoms with E-state index in [2.05, 4.69) is 5.32 Å². The largest absolute Gasteiger partial charge is 0.385 e. The molecule has 4 N–H and O–H groups in total. The molecule has 0 aromatic rings. The molecule has 0 aliphatic carbocycles. The molecule has 0 amide bonds. The summed E-state index contributed by atoms with van der Waals surface area (Å²) in [7, 11) is 0. The van der Waals surface area contributed by atoms with Gasteiger partial charge >= 0.3 is 0 Å². The number of rotatable bonds is 1. The molecule has 2 heterocycles. The molecule has 2 fully saturated rings. The van der Waals surface area contributed by atoms with Crippen molar-refractivity contribution < 1.29 is 9.84 Å². The number of nitrogens with two attached hydrogens (primary N) is 1. The summed E-state index contributed by atoms with van der Waals surface area (Å²) >= 11 is 0. The van der Waals surface area contributed by atoms with Gasteiger partial charge in [-0.15, -0.1) is 0 Å². The van der Waals surface area contributed by atoms with Crippen LogP contribution in [-0.4, -0.2) is 41.5 Å². The zero-order valence-electron chi connectivity index (χ0n) is 9.68. The fourth-order valence-electron chi connectivity index (χ4n) is 2.77. The van der Waals surface area contributed by atoms with Gasteiger partial charge in [0.1, 0.15) is 5.60 Å². The van der Waals surface area contributed by atoms with Crippen LogP contribution in [-0.2, 0) is 4.74 Å². The van der Waals surface area contributed by atoms with E-state index in [0.29, 0.717) is 19.6 Å². The van der Waals surface area contributed by atoms with Gasteiger partial charge in [-0.05, 0) is 33.2 Å². The summed E-state index contributed by atoms with van der Waals surface area (Å²) in [6.07, 6.45) is 2.52. The third-order valence-electron chi connectivity index (χ3n) is 3.76. The summed E-state index contributed by atoms with van der Waals surface area (Å²) in [5.74, 6) is 0. The maximum absolute atomic E-state index is 10.6. The molecule has 0 aromatic carbocycles. The molecule has 2 saturated heterocycles.